The quantitative estimate of drug-likeness (QED) is 0.589. The number of benzene rings is 1. The number of aromatic nitrogens is 1. The third-order valence-electron chi connectivity index (χ3n) is 3.21. The monoisotopic (exact) mass is 403 g/mol. The molecular weight excluding hydrogens is 389 g/mol. The van der Waals surface area contributed by atoms with E-state index in [1.807, 2.05) is 0 Å². The fourth-order valence-corrected chi connectivity index (χ4v) is 3.69. The third kappa shape index (κ3) is 4.75. The van der Waals surface area contributed by atoms with Crippen molar-refractivity contribution in [1.29, 1.82) is 0 Å². The molecule has 0 aliphatic heterocycles. The number of halogens is 2. The predicted octanol–water partition coefficient (Wildman–Crippen LogP) is 1.96. The maximum absolute atomic E-state index is 12.5. The van der Waals surface area contributed by atoms with Crippen LogP contribution in [0.1, 0.15) is 11.3 Å². The van der Waals surface area contributed by atoms with Crippen LogP contribution in [0.5, 0.6) is 0 Å². The molecule has 0 aliphatic rings. The molecule has 0 saturated heterocycles. The molecule has 0 saturated carbocycles. The molecule has 0 fully saturated rings. The number of amides is 1. The molecule has 0 unspecified atom stereocenters. The van der Waals surface area contributed by atoms with Crippen molar-refractivity contribution in [2.75, 3.05) is 15.1 Å². The normalized spacial score (nSPS) is 11.2. The molecule has 7 nitrogen and oxygen atoms in total. The van der Waals surface area contributed by atoms with Crippen molar-refractivity contribution in [3.05, 3.63) is 64.1 Å². The zero-order valence-electron chi connectivity index (χ0n) is 13.1. The van der Waals surface area contributed by atoms with Gasteiger partial charge in [0.25, 0.3) is 11.5 Å². The Bertz CT molecular complexity index is 930. The zero-order chi connectivity index (χ0) is 18.6. The minimum absolute atomic E-state index is 0.227. The summed E-state index contributed by atoms with van der Waals surface area (Å²) in [6, 6.07) is 11.3. The number of hydrogen-bond donors (Lipinski definition) is 1. The van der Waals surface area contributed by atoms with E-state index in [9.17, 15) is 18.0 Å². The van der Waals surface area contributed by atoms with Crippen molar-refractivity contribution < 1.29 is 13.2 Å². The summed E-state index contributed by atoms with van der Waals surface area (Å²) < 4.78 is 28.2. The highest BCUT2D eigenvalue weighted by atomic mass is 35.5. The van der Waals surface area contributed by atoms with Crippen molar-refractivity contribution in [2.45, 2.75) is 12.7 Å². The first-order chi connectivity index (χ1) is 11.7. The number of alkyl halides is 1. The molecule has 1 aromatic carbocycles. The van der Waals surface area contributed by atoms with Gasteiger partial charge in [0.2, 0.25) is 10.0 Å². The maximum atomic E-state index is 12.5. The molecular formula is C15H15Cl2N3O4S. The topological polar surface area (TPSA) is 88.5 Å². The van der Waals surface area contributed by atoms with Crippen LogP contribution in [0, 0.1) is 6.92 Å². The number of hydrogen-bond acceptors (Lipinski definition) is 4. The van der Waals surface area contributed by atoms with Gasteiger partial charge in [0, 0.05) is 17.5 Å². The van der Waals surface area contributed by atoms with E-state index in [4.69, 9.17) is 23.4 Å². The van der Waals surface area contributed by atoms with Crippen LogP contribution in [0.15, 0.2) is 47.3 Å². The van der Waals surface area contributed by atoms with Crippen LogP contribution >= 0.6 is 23.4 Å². The summed E-state index contributed by atoms with van der Waals surface area (Å²) in [6.45, 7) is 1.54. The van der Waals surface area contributed by atoms with Gasteiger partial charge in [-0.1, -0.05) is 30.3 Å². The summed E-state index contributed by atoms with van der Waals surface area (Å²) in [5, 5.41) is 0. The van der Waals surface area contributed by atoms with Gasteiger partial charge in [0.05, 0.1) is 5.75 Å². The molecule has 1 N–H and O–H groups in total. The molecule has 0 aliphatic carbocycles. The number of nitrogens with one attached hydrogen (secondary N) is 1. The van der Waals surface area contributed by atoms with Crippen LogP contribution in [0.3, 0.4) is 0 Å². The molecule has 1 heterocycles. The van der Waals surface area contributed by atoms with Gasteiger partial charge < -0.3 is 0 Å². The van der Waals surface area contributed by atoms with Gasteiger partial charge >= 0.3 is 0 Å². The largest absolute Gasteiger partial charge is 0.295 e. The first-order valence-corrected chi connectivity index (χ1v) is 9.59. The van der Waals surface area contributed by atoms with Gasteiger partial charge in [-0.2, -0.15) is 0 Å². The fourth-order valence-electron chi connectivity index (χ4n) is 2.07. The van der Waals surface area contributed by atoms with Crippen LogP contribution in [-0.4, -0.2) is 24.9 Å². The maximum Gasteiger partial charge on any atom is 0.295 e. The van der Waals surface area contributed by atoms with E-state index in [0.29, 0.717) is 15.8 Å². The second kappa shape index (κ2) is 7.90. The lowest BCUT2D eigenvalue weighted by atomic mass is 10.2. The highest BCUT2D eigenvalue weighted by molar-refractivity contribution is 7.91. The van der Waals surface area contributed by atoms with Gasteiger partial charge in [-0.3, -0.25) is 14.3 Å². The zero-order valence-corrected chi connectivity index (χ0v) is 15.5. The summed E-state index contributed by atoms with van der Waals surface area (Å²) in [5.74, 6) is -1.45. The highest BCUT2D eigenvalue weighted by Gasteiger charge is 2.20. The molecule has 0 bridgehead atoms. The minimum atomic E-state index is -3.83. The van der Waals surface area contributed by atoms with Crippen LogP contribution in [0.2, 0.25) is 0 Å². The number of rotatable bonds is 6. The lowest BCUT2D eigenvalue weighted by Crippen LogP contribution is -2.42. The van der Waals surface area contributed by atoms with Crippen molar-refractivity contribution in [2.24, 2.45) is 0 Å². The summed E-state index contributed by atoms with van der Waals surface area (Å²) in [6.07, 6.45) is 0. The van der Waals surface area contributed by atoms with Crippen molar-refractivity contribution in [3.8, 4) is 0 Å². The van der Waals surface area contributed by atoms with Gasteiger partial charge in [0.1, 0.15) is 11.6 Å². The van der Waals surface area contributed by atoms with Crippen LogP contribution in [0.25, 0.3) is 0 Å². The number of pyridine rings is 1. The van der Waals surface area contributed by atoms with Gasteiger partial charge in [-0.05, 0) is 24.6 Å². The summed E-state index contributed by atoms with van der Waals surface area (Å²) in [4.78, 5) is 24.1. The van der Waals surface area contributed by atoms with Gasteiger partial charge in [-0.25, -0.2) is 13.1 Å². The van der Waals surface area contributed by atoms with E-state index in [-0.39, 0.29) is 11.4 Å². The SMILES string of the molecule is Cc1ccc(NS(=O)(=O)Cc2ccccc2)c(=O)n1N(Cl)C(=O)CCl. The average molecular weight is 404 g/mol. The van der Waals surface area contributed by atoms with E-state index in [2.05, 4.69) is 4.72 Å². The van der Waals surface area contributed by atoms with Crippen LogP contribution in [-0.2, 0) is 20.6 Å². The van der Waals surface area contributed by atoms with E-state index in [1.54, 1.807) is 37.3 Å². The molecule has 1 amide bonds. The molecule has 25 heavy (non-hydrogen) atoms. The predicted molar refractivity (Wildman–Crippen MR) is 97.9 cm³/mol. The second-order valence-electron chi connectivity index (χ2n) is 5.14. The first kappa shape index (κ1) is 19.3. The van der Waals surface area contributed by atoms with E-state index >= 15 is 0 Å². The highest BCUT2D eigenvalue weighted by Crippen LogP contribution is 2.11. The van der Waals surface area contributed by atoms with Crippen LogP contribution in [0.4, 0.5) is 5.69 Å². The van der Waals surface area contributed by atoms with Gasteiger partial charge in [0.15, 0.2) is 0 Å². The Labute approximate surface area is 154 Å². The summed E-state index contributed by atoms with van der Waals surface area (Å²) >= 11 is 11.3. The molecule has 0 radical (unpaired) electrons. The number of carbonyl (C=O) groups is 1. The Kier molecular flexibility index (Phi) is 6.10. The first-order valence-electron chi connectivity index (χ1n) is 7.07. The fraction of sp³-hybridized carbons (Fsp3) is 0.200. The van der Waals surface area contributed by atoms with Crippen LogP contribution < -0.4 is 14.8 Å². The molecule has 10 heteroatoms. The summed E-state index contributed by atoms with van der Waals surface area (Å²) in [7, 11) is -3.83. The molecule has 2 aromatic rings. The average Bonchev–Trinajstić information content (AvgIpc) is 2.57. The summed E-state index contributed by atoms with van der Waals surface area (Å²) in [5.41, 5.74) is -0.108. The number of nitrogens with zero attached hydrogens (tertiary/aromatic N) is 2. The number of carbonyl (C=O) groups excluding carboxylic acids is 1. The number of sulfonamides is 1. The Balaban J connectivity index is 2.34. The molecule has 0 atom stereocenters. The molecule has 134 valence electrons. The lowest BCUT2D eigenvalue weighted by molar-refractivity contribution is -0.116. The Morgan fingerprint density at radius 2 is 1.84 bits per heavy atom. The van der Waals surface area contributed by atoms with Crippen molar-refractivity contribution in [1.82, 2.24) is 4.68 Å². The Morgan fingerprint density at radius 3 is 2.44 bits per heavy atom. The number of anilines is 1. The second-order valence-corrected chi connectivity index (χ2v) is 7.45. The van der Waals surface area contributed by atoms with E-state index in [0.717, 1.165) is 4.68 Å². The van der Waals surface area contributed by atoms with E-state index < -0.39 is 27.4 Å². The standard InChI is InChI=1S/C15H15Cl2N3O4S/c1-11-7-8-13(15(22)19(11)20(17)14(21)9-16)18-25(23,24)10-12-5-3-2-4-6-12/h2-8,18H,9-10H2,1H3. The third-order valence-corrected chi connectivity index (χ3v) is 5.02. The van der Waals surface area contributed by atoms with Gasteiger partial charge in [-0.15, -0.1) is 16.1 Å². The number of aryl methyl sites for hydroxylation is 1. The Morgan fingerprint density at radius 1 is 1.20 bits per heavy atom. The molecule has 0 spiro atoms. The molecule has 2 rings (SSSR count). The Hall–Kier alpha value is -2.03. The van der Waals surface area contributed by atoms with E-state index in [1.165, 1.54) is 12.1 Å². The lowest BCUT2D eigenvalue weighted by Gasteiger charge is -2.19. The molecule has 1 aromatic heterocycles. The van der Waals surface area contributed by atoms with Crippen molar-refractivity contribution >= 4 is 45.0 Å². The minimum Gasteiger partial charge on any atom is -0.278 e. The van der Waals surface area contributed by atoms with Crippen molar-refractivity contribution in [3.63, 3.8) is 0 Å². The smallest absolute Gasteiger partial charge is 0.278 e.